The average molecular weight is 414 g/mol. The van der Waals surface area contributed by atoms with Crippen molar-refractivity contribution in [1.29, 1.82) is 5.41 Å². The van der Waals surface area contributed by atoms with Gasteiger partial charge in [0.05, 0.1) is 10.7 Å². The fourth-order valence-corrected chi connectivity index (χ4v) is 2.40. The monoisotopic (exact) mass is 412 g/mol. The third-order valence-corrected chi connectivity index (χ3v) is 3.86. The Labute approximate surface area is 163 Å². The maximum atomic E-state index is 11.4. The summed E-state index contributed by atoms with van der Waals surface area (Å²) in [6.45, 7) is 0. The van der Waals surface area contributed by atoms with Crippen molar-refractivity contribution in [2.45, 2.75) is 0 Å². The molecule has 6 nitrogen and oxygen atoms in total. The Balaban J connectivity index is 2.49. The first-order chi connectivity index (χ1) is 12.3. The zero-order valence-corrected chi connectivity index (χ0v) is 15.2. The van der Waals surface area contributed by atoms with Gasteiger partial charge < -0.3 is 15.2 Å². The second-order valence-electron chi connectivity index (χ2n) is 4.85. The Kier molecular flexibility index (Phi) is 6.63. The van der Waals surface area contributed by atoms with Gasteiger partial charge in [0, 0.05) is 10.0 Å². The van der Waals surface area contributed by atoms with Gasteiger partial charge >= 0.3 is 5.97 Å². The molecule has 9 heteroatoms. The molecule has 0 unspecified atom stereocenters. The number of aliphatic carboxylic acids is 1. The highest BCUT2D eigenvalue weighted by atomic mass is 35.5. The molecule has 2 aromatic carbocycles. The summed E-state index contributed by atoms with van der Waals surface area (Å²) < 4.78 is 5.57. The van der Waals surface area contributed by atoms with Gasteiger partial charge in [0.25, 0.3) is 0 Å². The van der Waals surface area contributed by atoms with Crippen molar-refractivity contribution >= 4 is 58.5 Å². The van der Waals surface area contributed by atoms with Crippen LogP contribution in [0, 0.1) is 5.41 Å². The maximum Gasteiger partial charge on any atom is 0.354 e. The molecule has 0 saturated carbocycles. The van der Waals surface area contributed by atoms with Crippen LogP contribution < -0.4 is 10.1 Å². The molecule has 0 fully saturated rings. The first kappa shape index (κ1) is 19.8. The van der Waals surface area contributed by atoms with Crippen LogP contribution in [0.4, 0.5) is 5.69 Å². The number of anilines is 1. The molecule has 134 valence electrons. The van der Waals surface area contributed by atoms with Gasteiger partial charge in [-0.3, -0.25) is 10.2 Å². The van der Waals surface area contributed by atoms with E-state index in [9.17, 15) is 9.59 Å². The summed E-state index contributed by atoms with van der Waals surface area (Å²) in [5.74, 6) is -1.60. The van der Waals surface area contributed by atoms with Crippen molar-refractivity contribution in [2.24, 2.45) is 0 Å². The van der Waals surface area contributed by atoms with Crippen LogP contribution in [-0.4, -0.2) is 23.1 Å². The van der Waals surface area contributed by atoms with E-state index < -0.39 is 17.3 Å². The minimum Gasteiger partial charge on any atom is -0.477 e. The van der Waals surface area contributed by atoms with E-state index in [-0.39, 0.29) is 22.9 Å². The van der Waals surface area contributed by atoms with E-state index in [1.165, 1.54) is 24.3 Å². The third kappa shape index (κ3) is 4.98. The molecule has 2 aromatic rings. The molecule has 0 radical (unpaired) electrons. The highest BCUT2D eigenvalue weighted by molar-refractivity contribution is 6.46. The second-order valence-corrected chi connectivity index (χ2v) is 6.13. The number of ether oxygens (including phenoxy) is 1. The summed E-state index contributed by atoms with van der Waals surface area (Å²) in [7, 11) is 0. The topological polar surface area (TPSA) is 99.5 Å². The van der Waals surface area contributed by atoms with E-state index in [1.807, 2.05) is 0 Å². The summed E-state index contributed by atoms with van der Waals surface area (Å²) in [6.07, 6.45) is 0.207. The summed E-state index contributed by atoms with van der Waals surface area (Å²) in [5.41, 5.74) is -1.14. The van der Waals surface area contributed by atoms with Crippen LogP contribution >= 0.6 is 34.8 Å². The molecule has 0 aromatic heterocycles. The molecular weight excluding hydrogens is 403 g/mol. The normalized spacial score (nSPS) is 11.3. The number of carbonyl (C=O) groups excluding carboxylic acids is 1. The molecule has 0 saturated heterocycles. The summed E-state index contributed by atoms with van der Waals surface area (Å²) in [5, 5.41) is 20.4. The van der Waals surface area contributed by atoms with Crippen LogP contribution in [0.1, 0.15) is 0 Å². The van der Waals surface area contributed by atoms with Crippen molar-refractivity contribution < 1.29 is 19.4 Å². The van der Waals surface area contributed by atoms with Gasteiger partial charge in [-0.2, -0.15) is 0 Å². The van der Waals surface area contributed by atoms with Crippen LogP contribution in [0.2, 0.25) is 15.1 Å². The molecule has 0 bridgehead atoms. The van der Waals surface area contributed by atoms with E-state index >= 15 is 0 Å². The molecular formula is C17H11Cl3N2O4. The Morgan fingerprint density at radius 3 is 2.23 bits per heavy atom. The lowest BCUT2D eigenvalue weighted by molar-refractivity contribution is -0.129. The number of carboxylic acid groups (broad SMARTS) is 1. The molecule has 0 amide bonds. The average Bonchev–Trinajstić information content (AvgIpc) is 2.59. The number of benzene rings is 2. The minimum atomic E-state index is -1.59. The van der Waals surface area contributed by atoms with E-state index in [0.717, 1.165) is 0 Å². The van der Waals surface area contributed by atoms with Crippen molar-refractivity contribution in [1.82, 2.24) is 0 Å². The second kappa shape index (κ2) is 8.71. The van der Waals surface area contributed by atoms with Gasteiger partial charge in [-0.1, -0.05) is 34.8 Å². The fraction of sp³-hybridized carbons (Fsp3) is 0. The molecule has 0 heterocycles. The largest absolute Gasteiger partial charge is 0.477 e. The molecule has 3 N–H and O–H groups in total. The van der Waals surface area contributed by atoms with Crippen molar-refractivity contribution in [2.75, 3.05) is 5.32 Å². The van der Waals surface area contributed by atoms with E-state index in [1.54, 1.807) is 18.2 Å². The Hall–Kier alpha value is -2.54. The van der Waals surface area contributed by atoms with Crippen LogP contribution in [0.25, 0.3) is 0 Å². The van der Waals surface area contributed by atoms with Crippen LogP contribution in [0.5, 0.6) is 5.75 Å². The summed E-state index contributed by atoms with van der Waals surface area (Å²) in [4.78, 5) is 22.5. The molecule has 2 rings (SSSR count). The Bertz CT molecular complexity index is 895. The first-order valence-corrected chi connectivity index (χ1v) is 8.12. The van der Waals surface area contributed by atoms with Crippen LogP contribution in [0.15, 0.2) is 53.9 Å². The highest BCUT2D eigenvalue weighted by Crippen LogP contribution is 2.28. The predicted molar refractivity (Wildman–Crippen MR) is 101 cm³/mol. The lowest BCUT2D eigenvalue weighted by atomic mass is 10.2. The Morgan fingerprint density at radius 2 is 1.69 bits per heavy atom. The zero-order chi connectivity index (χ0) is 19.3. The molecule has 0 aliphatic carbocycles. The quantitative estimate of drug-likeness (QED) is 0.265. The van der Waals surface area contributed by atoms with Crippen LogP contribution in [-0.2, 0) is 9.59 Å². The number of carboxylic acids is 1. The van der Waals surface area contributed by atoms with Gasteiger partial charge in [-0.05, 0) is 42.5 Å². The first-order valence-electron chi connectivity index (χ1n) is 6.99. The van der Waals surface area contributed by atoms with Crippen molar-refractivity contribution in [3.05, 3.63) is 69.0 Å². The maximum absolute atomic E-state index is 11.4. The number of carbonyl (C=O) groups is 2. The van der Waals surface area contributed by atoms with E-state index in [2.05, 4.69) is 5.32 Å². The van der Waals surface area contributed by atoms with Crippen LogP contribution in [0.3, 0.4) is 0 Å². The predicted octanol–water partition coefficient (Wildman–Crippen LogP) is 4.65. The van der Waals surface area contributed by atoms with E-state index in [0.29, 0.717) is 15.7 Å². The molecule has 0 spiro atoms. The number of nitrogens with one attached hydrogen (secondary N) is 2. The minimum absolute atomic E-state index is 0.207. The zero-order valence-electron chi connectivity index (χ0n) is 12.9. The fourth-order valence-electron chi connectivity index (χ4n) is 1.82. The standard InChI is InChI=1S/C17H11Cl3N2O4/c18-9-1-4-11(5-2-9)26-16(12(8-23)15(21)17(24)25)22-14-6-3-10(19)7-13(14)20/h1-8,21-22H,(H,24,25)/b16-12+,21-15?. The highest BCUT2D eigenvalue weighted by Gasteiger charge is 2.21. The molecule has 0 atom stereocenters. The van der Waals surface area contributed by atoms with E-state index in [4.69, 9.17) is 50.1 Å². The van der Waals surface area contributed by atoms with Gasteiger partial charge in [0.1, 0.15) is 11.3 Å². The number of aldehydes is 1. The van der Waals surface area contributed by atoms with Gasteiger partial charge in [-0.25, -0.2) is 4.79 Å². The lowest BCUT2D eigenvalue weighted by Crippen LogP contribution is -2.22. The third-order valence-electron chi connectivity index (χ3n) is 3.06. The van der Waals surface area contributed by atoms with Crippen molar-refractivity contribution in [3.8, 4) is 5.75 Å². The summed E-state index contributed by atoms with van der Waals surface area (Å²) >= 11 is 17.7. The SMILES string of the molecule is N=C(C(=O)O)/C(C=O)=C(\Nc1ccc(Cl)cc1Cl)Oc1ccc(Cl)cc1. The lowest BCUT2D eigenvalue weighted by Gasteiger charge is -2.16. The van der Waals surface area contributed by atoms with Crippen molar-refractivity contribution in [3.63, 3.8) is 0 Å². The Morgan fingerprint density at radius 1 is 1.08 bits per heavy atom. The molecule has 0 aliphatic heterocycles. The summed E-state index contributed by atoms with van der Waals surface area (Å²) in [6, 6.07) is 10.6. The number of halogens is 3. The number of hydrogen-bond donors (Lipinski definition) is 3. The smallest absolute Gasteiger partial charge is 0.354 e. The number of rotatable bonds is 7. The molecule has 26 heavy (non-hydrogen) atoms. The molecule has 0 aliphatic rings. The number of hydrogen-bond acceptors (Lipinski definition) is 5. The van der Waals surface area contributed by atoms with Gasteiger partial charge in [-0.15, -0.1) is 0 Å². The van der Waals surface area contributed by atoms with Gasteiger partial charge in [0.2, 0.25) is 5.88 Å². The van der Waals surface area contributed by atoms with Gasteiger partial charge in [0.15, 0.2) is 12.0 Å².